The van der Waals surface area contributed by atoms with E-state index in [1.54, 1.807) is 6.92 Å². The maximum Gasteiger partial charge on any atom is 0.0977 e. The van der Waals surface area contributed by atoms with Crippen LogP contribution in [0.1, 0.15) is 6.92 Å². The van der Waals surface area contributed by atoms with Crippen molar-refractivity contribution in [1.82, 2.24) is 0 Å². The van der Waals surface area contributed by atoms with Gasteiger partial charge in [0.15, 0.2) is 0 Å². The van der Waals surface area contributed by atoms with E-state index in [4.69, 9.17) is 0 Å². The first kappa shape index (κ1) is 13.9. The van der Waals surface area contributed by atoms with Gasteiger partial charge in [0.2, 0.25) is 0 Å². The quantitative estimate of drug-likeness (QED) is 0.619. The van der Waals surface area contributed by atoms with Gasteiger partial charge in [-0.05, 0) is 42.6 Å². The third-order valence-electron chi connectivity index (χ3n) is 1.20. The lowest BCUT2D eigenvalue weighted by Crippen LogP contribution is -1.87. The standard InChI is InChI=1S/C14H10OS/c1-4-6-8-9-11-13-14(16(3)15)12-10-7-5-2/h4,13H,1H2,2-3H3/b14-13+/t16-/m1/s1. The normalized spacial score (nSPS) is 9.75. The molecule has 0 aromatic carbocycles. The molecule has 0 amide bonds. The van der Waals surface area contributed by atoms with Crippen molar-refractivity contribution in [2.45, 2.75) is 6.92 Å². The van der Waals surface area contributed by atoms with Crippen LogP contribution in [0, 0.1) is 47.4 Å². The number of rotatable bonds is 1. The topological polar surface area (TPSA) is 17.1 Å². The van der Waals surface area contributed by atoms with Gasteiger partial charge in [0.25, 0.3) is 0 Å². The Labute approximate surface area is 99.5 Å². The fourth-order valence-corrected chi connectivity index (χ4v) is 0.991. The summed E-state index contributed by atoms with van der Waals surface area (Å²) >= 11 is 0. The first-order valence-electron chi connectivity index (χ1n) is 4.30. The van der Waals surface area contributed by atoms with E-state index in [1.165, 1.54) is 18.4 Å². The molecule has 0 aliphatic rings. The molecule has 0 bridgehead atoms. The molecule has 0 aromatic rings. The molecular weight excluding hydrogens is 216 g/mol. The minimum atomic E-state index is -1.17. The summed E-state index contributed by atoms with van der Waals surface area (Å²) in [5, 5.41) is 0. The highest BCUT2D eigenvalue weighted by Gasteiger charge is 1.94. The van der Waals surface area contributed by atoms with Crippen molar-refractivity contribution in [2.24, 2.45) is 0 Å². The molecule has 0 radical (unpaired) electrons. The molecule has 0 rings (SSSR count). The van der Waals surface area contributed by atoms with E-state index in [9.17, 15) is 4.21 Å². The Morgan fingerprint density at radius 3 is 2.44 bits per heavy atom. The molecule has 1 nitrogen and oxygen atoms in total. The average Bonchev–Trinajstić information content (AvgIpc) is 2.26. The fraction of sp³-hybridized carbons (Fsp3) is 0.143. The van der Waals surface area contributed by atoms with Gasteiger partial charge in [-0.25, -0.2) is 0 Å². The predicted octanol–water partition coefficient (Wildman–Crippen LogP) is 1.47. The summed E-state index contributed by atoms with van der Waals surface area (Å²) < 4.78 is 11.2. The summed E-state index contributed by atoms with van der Waals surface area (Å²) in [5.41, 5.74) is 0. The molecule has 0 spiro atoms. The van der Waals surface area contributed by atoms with E-state index >= 15 is 0 Å². The maximum absolute atomic E-state index is 11.2. The van der Waals surface area contributed by atoms with Crippen molar-refractivity contribution >= 4 is 10.8 Å². The third kappa shape index (κ3) is 7.29. The summed E-state index contributed by atoms with van der Waals surface area (Å²) in [7, 11) is -1.17. The molecule has 2 heteroatoms. The van der Waals surface area contributed by atoms with Crippen LogP contribution in [-0.2, 0) is 10.8 Å². The molecule has 0 heterocycles. The van der Waals surface area contributed by atoms with Gasteiger partial charge in [0.05, 0.1) is 15.7 Å². The van der Waals surface area contributed by atoms with Crippen LogP contribution < -0.4 is 0 Å². The predicted molar refractivity (Wildman–Crippen MR) is 69.1 cm³/mol. The fourth-order valence-electron chi connectivity index (χ4n) is 0.571. The molecule has 0 aliphatic carbocycles. The second-order valence-electron chi connectivity index (χ2n) is 2.33. The van der Waals surface area contributed by atoms with Crippen LogP contribution in [0.5, 0.6) is 0 Å². The van der Waals surface area contributed by atoms with Gasteiger partial charge in [-0.15, -0.1) is 0 Å². The van der Waals surface area contributed by atoms with Crippen molar-refractivity contribution in [1.29, 1.82) is 0 Å². The zero-order valence-corrected chi connectivity index (χ0v) is 9.99. The van der Waals surface area contributed by atoms with Crippen LogP contribution in [0.4, 0.5) is 0 Å². The minimum absolute atomic E-state index is 0.440. The maximum atomic E-state index is 11.2. The Morgan fingerprint density at radius 1 is 1.19 bits per heavy atom. The van der Waals surface area contributed by atoms with E-state index in [0.29, 0.717) is 4.91 Å². The summed E-state index contributed by atoms with van der Waals surface area (Å²) in [6, 6.07) is 0. The van der Waals surface area contributed by atoms with Gasteiger partial charge in [0.1, 0.15) is 0 Å². The van der Waals surface area contributed by atoms with E-state index < -0.39 is 10.8 Å². The lowest BCUT2D eigenvalue weighted by atomic mass is 10.4. The van der Waals surface area contributed by atoms with Crippen LogP contribution >= 0.6 is 0 Å². The van der Waals surface area contributed by atoms with Crippen molar-refractivity contribution in [3.05, 3.63) is 23.6 Å². The minimum Gasteiger partial charge on any atom is -0.254 e. The molecule has 1 atom stereocenters. The Bertz CT molecular complexity index is 549. The van der Waals surface area contributed by atoms with E-state index in [0.717, 1.165) is 0 Å². The number of hydrogen-bond donors (Lipinski definition) is 0. The second-order valence-corrected chi connectivity index (χ2v) is 3.68. The van der Waals surface area contributed by atoms with E-state index in [1.807, 2.05) is 0 Å². The monoisotopic (exact) mass is 226 g/mol. The summed E-state index contributed by atoms with van der Waals surface area (Å²) in [6.07, 6.45) is 4.48. The zero-order chi connectivity index (χ0) is 12.2. The molecule has 16 heavy (non-hydrogen) atoms. The highest BCUT2D eigenvalue weighted by Crippen LogP contribution is 1.95. The van der Waals surface area contributed by atoms with E-state index in [-0.39, 0.29) is 0 Å². The highest BCUT2D eigenvalue weighted by atomic mass is 32.2. The van der Waals surface area contributed by atoms with Gasteiger partial charge in [-0.3, -0.25) is 4.21 Å². The number of hydrogen-bond acceptors (Lipinski definition) is 1. The molecule has 0 saturated heterocycles. The largest absolute Gasteiger partial charge is 0.254 e. The summed E-state index contributed by atoms with van der Waals surface area (Å²) in [5.74, 6) is 20.8. The van der Waals surface area contributed by atoms with Gasteiger partial charge in [-0.2, -0.15) is 0 Å². The van der Waals surface area contributed by atoms with Gasteiger partial charge in [0, 0.05) is 12.3 Å². The SMILES string of the molecule is C=CC#CC#C/C=C(\C#CC#CC)[S@@](C)=O. The zero-order valence-electron chi connectivity index (χ0n) is 9.18. The molecule has 0 fully saturated rings. The Balaban J connectivity index is 4.91. The summed E-state index contributed by atoms with van der Waals surface area (Å²) in [4.78, 5) is 0.440. The summed E-state index contributed by atoms with van der Waals surface area (Å²) in [6.45, 7) is 5.11. The molecule has 78 valence electrons. The highest BCUT2D eigenvalue weighted by molar-refractivity contribution is 7.88. The number of allylic oxidation sites excluding steroid dienone is 3. The van der Waals surface area contributed by atoms with Crippen LogP contribution in [-0.4, -0.2) is 10.5 Å². The molecule has 0 N–H and O–H groups in total. The van der Waals surface area contributed by atoms with E-state index in [2.05, 4.69) is 53.9 Å². The van der Waals surface area contributed by atoms with Crippen LogP contribution in [0.2, 0.25) is 0 Å². The molecular formula is C14H10OS. The first-order valence-corrected chi connectivity index (χ1v) is 5.86. The molecule has 0 saturated carbocycles. The third-order valence-corrected chi connectivity index (χ3v) is 2.03. The van der Waals surface area contributed by atoms with Crippen LogP contribution in [0.15, 0.2) is 23.6 Å². The average molecular weight is 226 g/mol. The molecule has 0 aliphatic heterocycles. The van der Waals surface area contributed by atoms with Crippen molar-refractivity contribution in [3.8, 4) is 47.4 Å². The van der Waals surface area contributed by atoms with Crippen molar-refractivity contribution in [2.75, 3.05) is 6.26 Å². The smallest absolute Gasteiger partial charge is 0.0977 e. The molecule has 0 aromatic heterocycles. The Morgan fingerprint density at radius 2 is 1.88 bits per heavy atom. The lowest BCUT2D eigenvalue weighted by molar-refractivity contribution is 0.691. The van der Waals surface area contributed by atoms with Crippen LogP contribution in [0.3, 0.4) is 0 Å². The van der Waals surface area contributed by atoms with Crippen LogP contribution in [0.25, 0.3) is 0 Å². The second kappa shape index (κ2) is 9.43. The molecule has 0 unspecified atom stereocenters. The lowest BCUT2D eigenvalue weighted by Gasteiger charge is -1.87. The first-order chi connectivity index (χ1) is 7.72. The Hall–Kier alpha value is -2.13. The van der Waals surface area contributed by atoms with Gasteiger partial charge < -0.3 is 0 Å². The van der Waals surface area contributed by atoms with Crippen molar-refractivity contribution < 1.29 is 4.21 Å². The van der Waals surface area contributed by atoms with Crippen molar-refractivity contribution in [3.63, 3.8) is 0 Å². The Kier molecular flexibility index (Phi) is 8.17. The van der Waals surface area contributed by atoms with Gasteiger partial charge in [-0.1, -0.05) is 24.3 Å². The van der Waals surface area contributed by atoms with Gasteiger partial charge >= 0.3 is 0 Å².